The smallest absolute Gasteiger partial charge is 0.129 e. The van der Waals surface area contributed by atoms with Gasteiger partial charge in [0.1, 0.15) is 5.82 Å². The number of piperidine rings is 1. The van der Waals surface area contributed by atoms with Crippen LogP contribution in [0.2, 0.25) is 0 Å². The summed E-state index contributed by atoms with van der Waals surface area (Å²) in [6.45, 7) is 6.20. The minimum absolute atomic E-state index is 0.257. The molecule has 4 heteroatoms. The molecule has 0 N–H and O–H groups in total. The van der Waals surface area contributed by atoms with Gasteiger partial charge in [-0.15, -0.1) is 0 Å². The first-order valence-electron chi connectivity index (χ1n) is 7.84. The molecule has 2 fully saturated rings. The summed E-state index contributed by atoms with van der Waals surface area (Å²) in [6.07, 6.45) is 3.89. The van der Waals surface area contributed by atoms with Gasteiger partial charge in [0.15, 0.2) is 0 Å². The Hall–Kier alpha value is -1.44. The molecule has 2 aliphatic rings. The van der Waals surface area contributed by atoms with E-state index in [-0.39, 0.29) is 5.82 Å². The molecular weight excluding hydrogens is 265 g/mol. The third kappa shape index (κ3) is 3.09. The summed E-state index contributed by atoms with van der Waals surface area (Å²) in [4.78, 5) is 4.98. The van der Waals surface area contributed by atoms with Crippen LogP contribution >= 0.6 is 0 Å². The van der Waals surface area contributed by atoms with Crippen molar-refractivity contribution < 1.29 is 4.39 Å². The van der Waals surface area contributed by atoms with E-state index in [0.29, 0.717) is 29.8 Å². The maximum absolute atomic E-state index is 14.1. The number of hydrogen-bond donors (Lipinski definition) is 0. The molecule has 2 heterocycles. The number of hydrogen-bond acceptors (Lipinski definition) is 3. The zero-order valence-electron chi connectivity index (χ0n) is 12.6. The molecule has 2 atom stereocenters. The lowest BCUT2D eigenvalue weighted by atomic mass is 9.96. The van der Waals surface area contributed by atoms with Crippen LogP contribution in [0.5, 0.6) is 0 Å². The minimum atomic E-state index is -0.257. The van der Waals surface area contributed by atoms with Crippen LogP contribution in [0.3, 0.4) is 0 Å². The number of rotatable bonds is 2. The van der Waals surface area contributed by atoms with Crippen molar-refractivity contribution >= 4 is 0 Å². The number of piperazine rings is 1. The zero-order chi connectivity index (χ0) is 14.8. The van der Waals surface area contributed by atoms with Crippen molar-refractivity contribution in [1.82, 2.24) is 9.80 Å². The van der Waals surface area contributed by atoms with Crippen LogP contribution in [0, 0.1) is 17.1 Å². The fourth-order valence-corrected chi connectivity index (χ4v) is 3.60. The van der Waals surface area contributed by atoms with Gasteiger partial charge in [-0.05, 0) is 38.4 Å². The highest BCUT2D eigenvalue weighted by atomic mass is 19.1. The Morgan fingerprint density at radius 3 is 2.95 bits per heavy atom. The van der Waals surface area contributed by atoms with Gasteiger partial charge in [0, 0.05) is 37.3 Å². The summed E-state index contributed by atoms with van der Waals surface area (Å²) < 4.78 is 14.1. The molecule has 112 valence electrons. The molecule has 0 bridgehead atoms. The Labute approximate surface area is 126 Å². The number of benzene rings is 1. The third-order valence-electron chi connectivity index (χ3n) is 4.87. The molecular formula is C17H22FN3. The predicted molar refractivity (Wildman–Crippen MR) is 80.2 cm³/mol. The van der Waals surface area contributed by atoms with Crippen LogP contribution in [-0.2, 0) is 6.54 Å². The van der Waals surface area contributed by atoms with Crippen molar-refractivity contribution in [3.63, 3.8) is 0 Å². The summed E-state index contributed by atoms with van der Waals surface area (Å²) in [5.41, 5.74) is 1.09. The lowest BCUT2D eigenvalue weighted by molar-refractivity contribution is 0.0106. The maximum atomic E-state index is 14.1. The van der Waals surface area contributed by atoms with E-state index in [0.717, 1.165) is 13.1 Å². The third-order valence-corrected chi connectivity index (χ3v) is 4.87. The Morgan fingerprint density at radius 1 is 1.33 bits per heavy atom. The Morgan fingerprint density at radius 2 is 2.19 bits per heavy atom. The van der Waals surface area contributed by atoms with Crippen molar-refractivity contribution in [3.8, 4) is 6.07 Å². The fourth-order valence-electron chi connectivity index (χ4n) is 3.60. The molecule has 2 aliphatic heterocycles. The normalized spacial score (nSPS) is 27.1. The fraction of sp³-hybridized carbons (Fsp3) is 0.588. The highest BCUT2D eigenvalue weighted by molar-refractivity contribution is 5.32. The highest BCUT2D eigenvalue weighted by Gasteiger charge is 2.32. The molecule has 2 saturated heterocycles. The molecule has 0 amide bonds. The maximum Gasteiger partial charge on any atom is 0.129 e. The summed E-state index contributed by atoms with van der Waals surface area (Å²) in [5, 5.41) is 8.81. The molecule has 0 spiro atoms. The van der Waals surface area contributed by atoms with Gasteiger partial charge in [0.2, 0.25) is 0 Å². The van der Waals surface area contributed by atoms with Crippen LogP contribution in [0.15, 0.2) is 18.2 Å². The first-order chi connectivity index (χ1) is 10.2. The monoisotopic (exact) mass is 287 g/mol. The molecule has 1 aromatic rings. The van der Waals surface area contributed by atoms with E-state index >= 15 is 0 Å². The van der Waals surface area contributed by atoms with Crippen LogP contribution < -0.4 is 0 Å². The first kappa shape index (κ1) is 14.5. The van der Waals surface area contributed by atoms with E-state index in [1.54, 1.807) is 12.1 Å². The van der Waals surface area contributed by atoms with Gasteiger partial charge < -0.3 is 0 Å². The van der Waals surface area contributed by atoms with E-state index in [4.69, 9.17) is 5.26 Å². The second-order valence-corrected chi connectivity index (χ2v) is 6.34. The van der Waals surface area contributed by atoms with Crippen molar-refractivity contribution in [2.75, 3.05) is 19.6 Å². The van der Waals surface area contributed by atoms with E-state index in [1.165, 1.54) is 31.9 Å². The van der Waals surface area contributed by atoms with Crippen LogP contribution in [0.1, 0.15) is 37.3 Å². The number of nitriles is 1. The van der Waals surface area contributed by atoms with Gasteiger partial charge in [0.25, 0.3) is 0 Å². The van der Waals surface area contributed by atoms with E-state index in [1.807, 2.05) is 6.07 Å². The van der Waals surface area contributed by atoms with Crippen molar-refractivity contribution in [2.45, 2.75) is 44.8 Å². The molecule has 0 aliphatic carbocycles. The zero-order valence-corrected chi connectivity index (χ0v) is 12.6. The Kier molecular flexibility index (Phi) is 4.23. The lowest BCUT2D eigenvalue weighted by Crippen LogP contribution is -2.58. The standard InChI is InChI=1S/C17H22FN3/c1-13-10-20-7-3-2-4-16(20)12-21(13)11-15-6-5-14(9-19)8-17(15)18/h5-6,8,13,16H,2-4,7,10-12H2,1H3. The second kappa shape index (κ2) is 6.13. The van der Waals surface area contributed by atoms with Gasteiger partial charge in [-0.1, -0.05) is 12.5 Å². The van der Waals surface area contributed by atoms with Crippen LogP contribution in [-0.4, -0.2) is 41.5 Å². The van der Waals surface area contributed by atoms with Crippen LogP contribution in [0.4, 0.5) is 4.39 Å². The van der Waals surface area contributed by atoms with Gasteiger partial charge in [-0.25, -0.2) is 4.39 Å². The highest BCUT2D eigenvalue weighted by Crippen LogP contribution is 2.25. The molecule has 3 nitrogen and oxygen atoms in total. The summed E-state index contributed by atoms with van der Waals surface area (Å²) in [5.74, 6) is -0.257. The average Bonchev–Trinajstić information content (AvgIpc) is 2.49. The summed E-state index contributed by atoms with van der Waals surface area (Å²) >= 11 is 0. The molecule has 0 aromatic heterocycles. The quantitative estimate of drug-likeness (QED) is 0.838. The Balaban J connectivity index is 1.71. The minimum Gasteiger partial charge on any atom is -0.298 e. The van der Waals surface area contributed by atoms with Gasteiger partial charge >= 0.3 is 0 Å². The summed E-state index contributed by atoms with van der Waals surface area (Å²) in [6, 6.07) is 7.88. The topological polar surface area (TPSA) is 30.3 Å². The van der Waals surface area contributed by atoms with E-state index < -0.39 is 0 Å². The molecule has 3 rings (SSSR count). The largest absolute Gasteiger partial charge is 0.298 e. The van der Waals surface area contributed by atoms with Gasteiger partial charge in [-0.3, -0.25) is 9.80 Å². The van der Waals surface area contributed by atoms with E-state index in [9.17, 15) is 4.39 Å². The lowest BCUT2D eigenvalue weighted by Gasteiger charge is -2.47. The van der Waals surface area contributed by atoms with Crippen molar-refractivity contribution in [3.05, 3.63) is 35.1 Å². The SMILES string of the molecule is CC1CN2CCCCC2CN1Cc1ccc(C#N)cc1F. The number of nitrogens with zero attached hydrogens (tertiary/aromatic N) is 3. The average molecular weight is 287 g/mol. The first-order valence-corrected chi connectivity index (χ1v) is 7.84. The Bertz CT molecular complexity index is 551. The van der Waals surface area contributed by atoms with Crippen molar-refractivity contribution in [2.24, 2.45) is 0 Å². The van der Waals surface area contributed by atoms with Crippen LogP contribution in [0.25, 0.3) is 0 Å². The molecule has 0 radical (unpaired) electrons. The number of fused-ring (bicyclic) bond motifs is 1. The van der Waals surface area contributed by atoms with Gasteiger partial charge in [-0.2, -0.15) is 5.26 Å². The predicted octanol–water partition coefficient (Wildman–Crippen LogP) is 2.76. The molecule has 0 saturated carbocycles. The molecule has 1 aromatic carbocycles. The van der Waals surface area contributed by atoms with E-state index in [2.05, 4.69) is 16.7 Å². The molecule has 21 heavy (non-hydrogen) atoms. The molecule has 2 unspecified atom stereocenters. The number of halogens is 1. The second-order valence-electron chi connectivity index (χ2n) is 6.34. The van der Waals surface area contributed by atoms with Gasteiger partial charge in [0.05, 0.1) is 11.6 Å². The van der Waals surface area contributed by atoms with Crippen molar-refractivity contribution in [1.29, 1.82) is 5.26 Å². The summed E-state index contributed by atoms with van der Waals surface area (Å²) in [7, 11) is 0.